The van der Waals surface area contributed by atoms with Gasteiger partial charge in [-0.25, -0.2) is 0 Å². The second kappa shape index (κ2) is 1.54. The van der Waals surface area contributed by atoms with Crippen LogP contribution in [0.25, 0.3) is 0 Å². The number of fused-ring (bicyclic) bond motifs is 1. The van der Waals surface area contributed by atoms with Crippen molar-refractivity contribution in [3.63, 3.8) is 0 Å². The molecule has 0 atom stereocenters. The van der Waals surface area contributed by atoms with Crippen LogP contribution in [0.2, 0.25) is 0 Å². The molecule has 0 unspecified atom stereocenters. The number of hydrogen-bond donors (Lipinski definition) is 0. The molecular weight excluding hydrogens is 124 g/mol. The van der Waals surface area contributed by atoms with Crippen LogP contribution in [-0.2, 0) is 5.60 Å². The van der Waals surface area contributed by atoms with Crippen molar-refractivity contribution in [1.82, 2.24) is 0 Å². The number of benzene rings is 1. The van der Waals surface area contributed by atoms with E-state index in [1.807, 2.05) is 18.2 Å². The first-order chi connectivity index (χ1) is 4.70. The molecule has 52 valence electrons. The smallest absolute Gasteiger partial charge is 0.132 e. The van der Waals surface area contributed by atoms with Crippen molar-refractivity contribution in [1.29, 1.82) is 0 Å². The zero-order valence-electron chi connectivity index (χ0n) is 6.22. The Morgan fingerprint density at radius 2 is 1.90 bits per heavy atom. The third-order valence-corrected chi connectivity index (χ3v) is 1.90. The van der Waals surface area contributed by atoms with Gasteiger partial charge in [0.1, 0.15) is 11.4 Å². The van der Waals surface area contributed by atoms with Gasteiger partial charge in [0.25, 0.3) is 0 Å². The average Bonchev–Trinajstić information content (AvgIpc) is 1.86. The molecule has 0 aliphatic carbocycles. The summed E-state index contributed by atoms with van der Waals surface area (Å²) in [6.45, 7) is 4.16. The minimum atomic E-state index is -0.0450. The Morgan fingerprint density at radius 1 is 1.20 bits per heavy atom. The van der Waals surface area contributed by atoms with Crippen LogP contribution in [0.4, 0.5) is 0 Å². The van der Waals surface area contributed by atoms with E-state index in [9.17, 15) is 0 Å². The molecule has 0 radical (unpaired) electrons. The second-order valence-electron chi connectivity index (χ2n) is 3.11. The molecule has 1 aliphatic heterocycles. The lowest BCUT2D eigenvalue weighted by Crippen LogP contribution is -2.34. The molecule has 0 N–H and O–H groups in total. The lowest BCUT2D eigenvalue weighted by molar-refractivity contribution is 0.0518. The first kappa shape index (κ1) is 5.78. The van der Waals surface area contributed by atoms with Gasteiger partial charge >= 0.3 is 0 Å². The minimum Gasteiger partial charge on any atom is -0.483 e. The monoisotopic (exact) mass is 134 g/mol. The van der Waals surface area contributed by atoms with Crippen molar-refractivity contribution in [2.24, 2.45) is 0 Å². The van der Waals surface area contributed by atoms with Crippen LogP contribution in [0.1, 0.15) is 19.4 Å². The van der Waals surface area contributed by atoms with Crippen LogP contribution < -0.4 is 4.74 Å². The van der Waals surface area contributed by atoms with Gasteiger partial charge in [-0.2, -0.15) is 0 Å². The quantitative estimate of drug-likeness (QED) is 0.529. The highest BCUT2D eigenvalue weighted by Gasteiger charge is 2.35. The Morgan fingerprint density at radius 3 is 2.40 bits per heavy atom. The molecule has 1 aliphatic rings. The fraction of sp³-hybridized carbons (Fsp3) is 0.333. The fourth-order valence-corrected chi connectivity index (χ4v) is 1.34. The van der Waals surface area contributed by atoms with E-state index in [1.165, 1.54) is 5.56 Å². The van der Waals surface area contributed by atoms with E-state index in [0.717, 1.165) is 5.75 Å². The van der Waals surface area contributed by atoms with E-state index in [1.54, 1.807) is 0 Å². The second-order valence-corrected chi connectivity index (χ2v) is 3.11. The summed E-state index contributed by atoms with van der Waals surface area (Å²) in [5.41, 5.74) is 1.27. The predicted octanol–water partition coefficient (Wildman–Crippen LogP) is 2.31. The normalized spacial score (nSPS) is 18.6. The molecule has 1 heterocycles. The molecule has 0 fully saturated rings. The number of rotatable bonds is 0. The van der Waals surface area contributed by atoms with Crippen molar-refractivity contribution in [3.05, 3.63) is 29.8 Å². The molecule has 1 aromatic rings. The third-order valence-electron chi connectivity index (χ3n) is 1.90. The SMILES string of the molecule is CC1(C)Oc2ccccc21. The Kier molecular flexibility index (Phi) is 0.890. The summed E-state index contributed by atoms with van der Waals surface area (Å²) in [7, 11) is 0. The summed E-state index contributed by atoms with van der Waals surface area (Å²) in [5.74, 6) is 1.03. The lowest BCUT2D eigenvalue weighted by Gasteiger charge is -2.38. The van der Waals surface area contributed by atoms with Crippen molar-refractivity contribution in [3.8, 4) is 5.75 Å². The van der Waals surface area contributed by atoms with Gasteiger partial charge in [-0.15, -0.1) is 0 Å². The Hall–Kier alpha value is -0.980. The maximum atomic E-state index is 5.47. The van der Waals surface area contributed by atoms with Crippen molar-refractivity contribution in [2.45, 2.75) is 19.4 Å². The van der Waals surface area contributed by atoms with Crippen LogP contribution in [0, 0.1) is 0 Å². The summed E-state index contributed by atoms with van der Waals surface area (Å²) in [4.78, 5) is 0. The molecule has 0 saturated carbocycles. The van der Waals surface area contributed by atoms with Gasteiger partial charge in [-0.05, 0) is 19.9 Å². The van der Waals surface area contributed by atoms with Crippen molar-refractivity contribution in [2.75, 3.05) is 0 Å². The molecule has 0 bridgehead atoms. The highest BCUT2D eigenvalue weighted by molar-refractivity contribution is 5.44. The first-order valence-corrected chi connectivity index (χ1v) is 3.49. The van der Waals surface area contributed by atoms with Gasteiger partial charge in [0.05, 0.1) is 0 Å². The fourth-order valence-electron chi connectivity index (χ4n) is 1.34. The topological polar surface area (TPSA) is 9.23 Å². The van der Waals surface area contributed by atoms with Gasteiger partial charge < -0.3 is 4.74 Å². The summed E-state index contributed by atoms with van der Waals surface area (Å²) < 4.78 is 5.47. The number of hydrogen-bond acceptors (Lipinski definition) is 1. The van der Waals surface area contributed by atoms with Crippen LogP contribution in [0.3, 0.4) is 0 Å². The van der Waals surface area contributed by atoms with Crippen LogP contribution in [0.15, 0.2) is 24.3 Å². The van der Waals surface area contributed by atoms with E-state index >= 15 is 0 Å². The molecule has 1 nitrogen and oxygen atoms in total. The van der Waals surface area contributed by atoms with Crippen molar-refractivity contribution >= 4 is 0 Å². The van der Waals surface area contributed by atoms with Gasteiger partial charge in [0.2, 0.25) is 0 Å². The van der Waals surface area contributed by atoms with Crippen molar-refractivity contribution < 1.29 is 4.74 Å². The number of ether oxygens (including phenoxy) is 1. The molecule has 1 heteroatoms. The average molecular weight is 134 g/mol. The first-order valence-electron chi connectivity index (χ1n) is 3.49. The highest BCUT2D eigenvalue weighted by atomic mass is 16.5. The summed E-state index contributed by atoms with van der Waals surface area (Å²) >= 11 is 0. The third kappa shape index (κ3) is 0.576. The molecule has 1 aromatic carbocycles. The highest BCUT2D eigenvalue weighted by Crippen LogP contribution is 2.42. The standard InChI is InChI=1S/C9H10O/c1-9(2)7-5-3-4-6-8(7)10-9/h3-6H,1-2H3. The predicted molar refractivity (Wildman–Crippen MR) is 40.1 cm³/mol. The maximum absolute atomic E-state index is 5.47. The molecule has 0 aromatic heterocycles. The van der Waals surface area contributed by atoms with E-state index in [4.69, 9.17) is 4.74 Å². The van der Waals surface area contributed by atoms with Gasteiger partial charge in [-0.3, -0.25) is 0 Å². The lowest BCUT2D eigenvalue weighted by atomic mass is 9.92. The Bertz CT molecular complexity index is 263. The summed E-state index contributed by atoms with van der Waals surface area (Å²) in [6.07, 6.45) is 0. The zero-order chi connectivity index (χ0) is 7.19. The van der Waals surface area contributed by atoms with Crippen LogP contribution >= 0.6 is 0 Å². The summed E-state index contributed by atoms with van der Waals surface area (Å²) in [5, 5.41) is 0. The minimum absolute atomic E-state index is 0.0450. The van der Waals surface area contributed by atoms with Gasteiger partial charge in [0, 0.05) is 5.56 Å². The number of para-hydroxylation sites is 1. The van der Waals surface area contributed by atoms with Crippen LogP contribution in [0.5, 0.6) is 5.75 Å². The Labute approximate surface area is 60.6 Å². The molecule has 10 heavy (non-hydrogen) atoms. The van der Waals surface area contributed by atoms with E-state index in [2.05, 4.69) is 19.9 Å². The summed E-state index contributed by atoms with van der Waals surface area (Å²) in [6, 6.07) is 8.15. The molecular formula is C9H10O. The van der Waals surface area contributed by atoms with E-state index in [-0.39, 0.29) is 5.60 Å². The van der Waals surface area contributed by atoms with Crippen LogP contribution in [-0.4, -0.2) is 0 Å². The van der Waals surface area contributed by atoms with E-state index in [0.29, 0.717) is 0 Å². The van der Waals surface area contributed by atoms with Gasteiger partial charge in [0.15, 0.2) is 0 Å². The molecule has 0 spiro atoms. The Balaban J connectivity index is 2.53. The van der Waals surface area contributed by atoms with E-state index < -0.39 is 0 Å². The largest absolute Gasteiger partial charge is 0.483 e. The molecule has 0 saturated heterocycles. The zero-order valence-corrected chi connectivity index (χ0v) is 6.22. The molecule has 2 rings (SSSR count). The molecule has 0 amide bonds. The maximum Gasteiger partial charge on any atom is 0.132 e. The van der Waals surface area contributed by atoms with Gasteiger partial charge in [-0.1, -0.05) is 18.2 Å².